The van der Waals surface area contributed by atoms with Gasteiger partial charge in [0, 0.05) is 25.3 Å². The molecular formula is C15H24N4O2. The van der Waals surface area contributed by atoms with Crippen molar-refractivity contribution in [3.63, 3.8) is 0 Å². The third-order valence-corrected chi connectivity index (χ3v) is 3.24. The maximum Gasteiger partial charge on any atom is 0.319 e. The molecule has 0 heterocycles. The second kappa shape index (κ2) is 8.26. The van der Waals surface area contributed by atoms with Gasteiger partial charge in [-0.3, -0.25) is 4.79 Å². The zero-order valence-corrected chi connectivity index (χ0v) is 12.8. The second-order valence-corrected chi connectivity index (χ2v) is 4.73. The first kappa shape index (κ1) is 17.0. The average molecular weight is 292 g/mol. The van der Waals surface area contributed by atoms with Gasteiger partial charge in [-0.05, 0) is 38.5 Å². The molecule has 0 saturated carbocycles. The van der Waals surface area contributed by atoms with Gasteiger partial charge in [0.25, 0.3) is 0 Å². The van der Waals surface area contributed by atoms with Crippen molar-refractivity contribution < 1.29 is 9.59 Å². The number of rotatable bonds is 6. The number of benzene rings is 1. The number of amides is 3. The number of nitrogens with two attached hydrogens (primary N) is 1. The third kappa shape index (κ3) is 5.07. The fourth-order valence-electron chi connectivity index (χ4n) is 1.96. The molecule has 3 amide bonds. The molecule has 1 atom stereocenters. The minimum absolute atomic E-state index is 0.0892. The van der Waals surface area contributed by atoms with E-state index in [0.29, 0.717) is 25.3 Å². The van der Waals surface area contributed by atoms with Crippen LogP contribution in [0.5, 0.6) is 0 Å². The molecule has 116 valence electrons. The van der Waals surface area contributed by atoms with Crippen molar-refractivity contribution in [2.45, 2.75) is 33.4 Å². The minimum Gasteiger partial charge on any atom is -0.341 e. The van der Waals surface area contributed by atoms with Crippen molar-refractivity contribution >= 4 is 17.6 Å². The van der Waals surface area contributed by atoms with Crippen LogP contribution in [-0.2, 0) is 11.3 Å². The Morgan fingerprint density at radius 1 is 1.19 bits per heavy atom. The van der Waals surface area contributed by atoms with E-state index in [4.69, 9.17) is 5.73 Å². The minimum atomic E-state index is -0.562. The highest BCUT2D eigenvalue weighted by molar-refractivity contribution is 5.93. The number of anilines is 1. The van der Waals surface area contributed by atoms with E-state index in [-0.39, 0.29) is 5.91 Å². The van der Waals surface area contributed by atoms with E-state index >= 15 is 0 Å². The van der Waals surface area contributed by atoms with E-state index in [1.54, 1.807) is 24.0 Å². The molecule has 0 spiro atoms. The summed E-state index contributed by atoms with van der Waals surface area (Å²) in [4.78, 5) is 25.6. The Morgan fingerprint density at radius 2 is 1.76 bits per heavy atom. The number of carbonyl (C=O) groups is 2. The van der Waals surface area contributed by atoms with Crippen LogP contribution in [0.25, 0.3) is 0 Å². The van der Waals surface area contributed by atoms with E-state index in [0.717, 1.165) is 5.56 Å². The van der Waals surface area contributed by atoms with Crippen LogP contribution in [0.2, 0.25) is 0 Å². The number of nitrogens with zero attached hydrogens (tertiary/aromatic N) is 1. The van der Waals surface area contributed by atoms with Gasteiger partial charge in [0.1, 0.15) is 6.04 Å². The van der Waals surface area contributed by atoms with Gasteiger partial charge >= 0.3 is 6.03 Å². The van der Waals surface area contributed by atoms with Crippen LogP contribution in [-0.4, -0.2) is 36.0 Å². The lowest BCUT2D eigenvalue weighted by Crippen LogP contribution is -2.48. The van der Waals surface area contributed by atoms with Crippen molar-refractivity contribution in [2.75, 3.05) is 18.4 Å². The zero-order valence-electron chi connectivity index (χ0n) is 12.8. The summed E-state index contributed by atoms with van der Waals surface area (Å²) in [5, 5.41) is 5.33. The maximum absolute atomic E-state index is 12.0. The van der Waals surface area contributed by atoms with Crippen LogP contribution in [0.3, 0.4) is 0 Å². The van der Waals surface area contributed by atoms with E-state index in [2.05, 4.69) is 10.6 Å². The summed E-state index contributed by atoms with van der Waals surface area (Å²) >= 11 is 0. The number of hydrogen-bond donors (Lipinski definition) is 3. The standard InChI is InChI=1S/C15H24N4O2/c1-4-19(5-2)14(20)11(3)17-15(21)18-13-8-6-12(10-16)7-9-13/h6-9,11H,4-5,10,16H2,1-3H3,(H2,17,18,21). The van der Waals surface area contributed by atoms with Gasteiger partial charge < -0.3 is 21.3 Å². The van der Waals surface area contributed by atoms with Gasteiger partial charge in [0.05, 0.1) is 0 Å². The topological polar surface area (TPSA) is 87.5 Å². The van der Waals surface area contributed by atoms with Crippen LogP contribution in [0, 0.1) is 0 Å². The summed E-state index contributed by atoms with van der Waals surface area (Å²) in [6, 6.07) is 6.29. The molecule has 1 unspecified atom stereocenters. The van der Waals surface area contributed by atoms with Crippen LogP contribution < -0.4 is 16.4 Å². The summed E-state index contributed by atoms with van der Waals surface area (Å²) in [6.07, 6.45) is 0. The number of nitrogens with one attached hydrogen (secondary N) is 2. The normalized spacial score (nSPS) is 11.6. The van der Waals surface area contributed by atoms with Crippen molar-refractivity contribution in [2.24, 2.45) is 5.73 Å². The van der Waals surface area contributed by atoms with Crippen LogP contribution in [0.15, 0.2) is 24.3 Å². The summed E-state index contributed by atoms with van der Waals surface area (Å²) in [5.41, 5.74) is 7.16. The lowest BCUT2D eigenvalue weighted by molar-refractivity contribution is -0.132. The maximum atomic E-state index is 12.0. The highest BCUT2D eigenvalue weighted by Crippen LogP contribution is 2.08. The molecule has 0 bridgehead atoms. The number of hydrogen-bond acceptors (Lipinski definition) is 3. The molecule has 0 fully saturated rings. The summed E-state index contributed by atoms with van der Waals surface area (Å²) in [7, 11) is 0. The Hall–Kier alpha value is -2.08. The van der Waals surface area contributed by atoms with E-state index in [1.165, 1.54) is 0 Å². The molecule has 0 aliphatic carbocycles. The molecule has 6 nitrogen and oxygen atoms in total. The molecule has 1 rings (SSSR count). The van der Waals surface area contributed by atoms with Crippen molar-refractivity contribution in [1.82, 2.24) is 10.2 Å². The van der Waals surface area contributed by atoms with E-state index in [9.17, 15) is 9.59 Å². The van der Waals surface area contributed by atoms with Crippen LogP contribution >= 0.6 is 0 Å². The third-order valence-electron chi connectivity index (χ3n) is 3.24. The Balaban J connectivity index is 2.54. The first-order chi connectivity index (χ1) is 10.0. The van der Waals surface area contributed by atoms with Gasteiger partial charge in [-0.25, -0.2) is 4.79 Å². The van der Waals surface area contributed by atoms with E-state index in [1.807, 2.05) is 26.0 Å². The van der Waals surface area contributed by atoms with Gasteiger partial charge in [-0.15, -0.1) is 0 Å². The van der Waals surface area contributed by atoms with E-state index < -0.39 is 12.1 Å². The smallest absolute Gasteiger partial charge is 0.319 e. The largest absolute Gasteiger partial charge is 0.341 e. The Kier molecular flexibility index (Phi) is 6.68. The summed E-state index contributed by atoms with van der Waals surface area (Å²) in [6.45, 7) is 7.22. The quantitative estimate of drug-likeness (QED) is 0.743. The fourth-order valence-corrected chi connectivity index (χ4v) is 1.96. The molecule has 1 aromatic carbocycles. The van der Waals surface area contributed by atoms with Crippen molar-refractivity contribution in [1.29, 1.82) is 0 Å². The molecule has 0 aromatic heterocycles. The number of urea groups is 1. The average Bonchev–Trinajstić information content (AvgIpc) is 2.49. The van der Waals surface area contributed by atoms with Crippen molar-refractivity contribution in [3.8, 4) is 0 Å². The molecule has 0 aliphatic rings. The predicted octanol–water partition coefficient (Wildman–Crippen LogP) is 1.52. The van der Waals surface area contributed by atoms with Crippen LogP contribution in [0.1, 0.15) is 26.3 Å². The molecule has 0 radical (unpaired) electrons. The second-order valence-electron chi connectivity index (χ2n) is 4.73. The number of carbonyl (C=O) groups excluding carboxylic acids is 2. The first-order valence-corrected chi connectivity index (χ1v) is 7.17. The predicted molar refractivity (Wildman–Crippen MR) is 83.9 cm³/mol. The molecule has 0 aliphatic heterocycles. The number of likely N-dealkylation sites (N-methyl/N-ethyl adjacent to an activating group) is 1. The monoisotopic (exact) mass is 292 g/mol. The van der Waals surface area contributed by atoms with Gasteiger partial charge in [0.15, 0.2) is 0 Å². The molecule has 6 heteroatoms. The molecular weight excluding hydrogens is 268 g/mol. The Labute approximate surface area is 125 Å². The summed E-state index contributed by atoms with van der Waals surface area (Å²) < 4.78 is 0. The van der Waals surface area contributed by atoms with Crippen LogP contribution in [0.4, 0.5) is 10.5 Å². The van der Waals surface area contributed by atoms with Gasteiger partial charge in [-0.2, -0.15) is 0 Å². The zero-order chi connectivity index (χ0) is 15.8. The molecule has 1 aromatic rings. The molecule has 4 N–H and O–H groups in total. The lowest BCUT2D eigenvalue weighted by Gasteiger charge is -2.23. The SMILES string of the molecule is CCN(CC)C(=O)C(C)NC(=O)Nc1ccc(CN)cc1. The van der Waals surface area contributed by atoms with Gasteiger partial charge in [-0.1, -0.05) is 12.1 Å². The van der Waals surface area contributed by atoms with Crippen molar-refractivity contribution in [3.05, 3.63) is 29.8 Å². The first-order valence-electron chi connectivity index (χ1n) is 7.17. The lowest BCUT2D eigenvalue weighted by atomic mass is 10.2. The highest BCUT2D eigenvalue weighted by atomic mass is 16.2. The summed E-state index contributed by atoms with van der Waals surface area (Å²) in [5.74, 6) is -0.0892. The molecule has 21 heavy (non-hydrogen) atoms. The Morgan fingerprint density at radius 3 is 2.24 bits per heavy atom. The van der Waals surface area contributed by atoms with Gasteiger partial charge in [0.2, 0.25) is 5.91 Å². The fraction of sp³-hybridized carbons (Fsp3) is 0.467. The highest BCUT2D eigenvalue weighted by Gasteiger charge is 2.19. The molecule has 0 saturated heterocycles. The Bertz CT molecular complexity index is 469.